The molecule has 0 spiro atoms. The van der Waals surface area contributed by atoms with Gasteiger partial charge in [0.05, 0.1) is 0 Å². The van der Waals surface area contributed by atoms with E-state index < -0.39 is 0 Å². The number of hydrogen-bond donors (Lipinski definition) is 2. The molecule has 1 saturated carbocycles. The van der Waals surface area contributed by atoms with E-state index in [1.54, 1.807) is 0 Å². The lowest BCUT2D eigenvalue weighted by atomic mass is 10.0. The zero-order valence-corrected chi connectivity index (χ0v) is 13.2. The number of carbonyl (C=O) groups excluding carboxylic acids is 1. The maximum atomic E-state index is 12.2. The molecule has 1 atom stereocenters. The Bertz CT molecular complexity index is 276. The second-order valence-corrected chi connectivity index (χ2v) is 6.46. The SMILES string of the molecule is CCCCC(CN)NC(=O)C1C(C)(C)C1(C)C.Cl. The van der Waals surface area contributed by atoms with Gasteiger partial charge in [0.2, 0.25) is 5.91 Å². The average molecular weight is 277 g/mol. The Morgan fingerprint density at radius 2 is 1.78 bits per heavy atom. The number of unbranched alkanes of at least 4 members (excludes halogenated alkanes) is 1. The monoisotopic (exact) mass is 276 g/mol. The summed E-state index contributed by atoms with van der Waals surface area (Å²) in [6.07, 6.45) is 3.26. The van der Waals surface area contributed by atoms with E-state index in [9.17, 15) is 4.79 Å². The fourth-order valence-corrected chi connectivity index (χ4v) is 2.84. The van der Waals surface area contributed by atoms with Crippen LogP contribution in [-0.4, -0.2) is 18.5 Å². The Morgan fingerprint density at radius 1 is 1.28 bits per heavy atom. The second kappa shape index (κ2) is 6.25. The highest BCUT2D eigenvalue weighted by atomic mass is 35.5. The summed E-state index contributed by atoms with van der Waals surface area (Å²) in [5.41, 5.74) is 5.93. The summed E-state index contributed by atoms with van der Waals surface area (Å²) in [6.45, 7) is 11.4. The number of hydrogen-bond acceptors (Lipinski definition) is 2. The topological polar surface area (TPSA) is 55.1 Å². The van der Waals surface area contributed by atoms with Gasteiger partial charge in [0.1, 0.15) is 0 Å². The molecule has 1 aliphatic carbocycles. The predicted octanol–water partition coefficient (Wildman–Crippen LogP) is 2.72. The first kappa shape index (κ1) is 17.7. The molecule has 3 nitrogen and oxygen atoms in total. The van der Waals surface area contributed by atoms with Crippen molar-refractivity contribution < 1.29 is 4.79 Å². The van der Waals surface area contributed by atoms with Gasteiger partial charge in [0, 0.05) is 18.5 Å². The van der Waals surface area contributed by atoms with Crippen molar-refractivity contribution in [1.29, 1.82) is 0 Å². The van der Waals surface area contributed by atoms with E-state index in [-0.39, 0.29) is 41.1 Å². The van der Waals surface area contributed by atoms with Gasteiger partial charge in [-0.1, -0.05) is 47.5 Å². The van der Waals surface area contributed by atoms with Gasteiger partial charge < -0.3 is 11.1 Å². The van der Waals surface area contributed by atoms with Crippen LogP contribution in [0.3, 0.4) is 0 Å². The lowest BCUT2D eigenvalue weighted by Gasteiger charge is -2.17. The van der Waals surface area contributed by atoms with E-state index in [1.807, 2.05) is 0 Å². The van der Waals surface area contributed by atoms with Crippen molar-refractivity contribution in [1.82, 2.24) is 5.32 Å². The molecule has 0 aromatic heterocycles. The van der Waals surface area contributed by atoms with Gasteiger partial charge in [-0.15, -0.1) is 12.4 Å². The summed E-state index contributed by atoms with van der Waals surface area (Å²) < 4.78 is 0. The van der Waals surface area contributed by atoms with Gasteiger partial charge in [0.15, 0.2) is 0 Å². The summed E-state index contributed by atoms with van der Waals surface area (Å²) in [7, 11) is 0. The Balaban J connectivity index is 0.00000289. The number of nitrogens with two attached hydrogens (primary N) is 1. The summed E-state index contributed by atoms with van der Waals surface area (Å²) >= 11 is 0. The van der Waals surface area contributed by atoms with Gasteiger partial charge in [-0.3, -0.25) is 4.79 Å². The van der Waals surface area contributed by atoms with Crippen molar-refractivity contribution >= 4 is 18.3 Å². The second-order valence-electron chi connectivity index (χ2n) is 6.46. The Kier molecular flexibility index (Phi) is 6.15. The zero-order valence-electron chi connectivity index (χ0n) is 12.4. The molecular formula is C14H29ClN2O. The first-order valence-corrected chi connectivity index (χ1v) is 6.79. The number of carbonyl (C=O) groups is 1. The van der Waals surface area contributed by atoms with E-state index >= 15 is 0 Å². The van der Waals surface area contributed by atoms with Crippen molar-refractivity contribution in [2.24, 2.45) is 22.5 Å². The van der Waals surface area contributed by atoms with E-state index in [0.29, 0.717) is 6.54 Å². The fourth-order valence-electron chi connectivity index (χ4n) is 2.84. The molecule has 1 aliphatic rings. The van der Waals surface area contributed by atoms with Gasteiger partial charge in [-0.25, -0.2) is 0 Å². The third-order valence-corrected chi connectivity index (χ3v) is 4.82. The fraction of sp³-hybridized carbons (Fsp3) is 0.929. The molecule has 1 amide bonds. The van der Waals surface area contributed by atoms with Crippen LogP contribution in [-0.2, 0) is 4.79 Å². The third-order valence-electron chi connectivity index (χ3n) is 4.82. The van der Waals surface area contributed by atoms with Crippen LogP contribution in [0.15, 0.2) is 0 Å². The highest BCUT2D eigenvalue weighted by Gasteiger charge is 2.68. The van der Waals surface area contributed by atoms with Gasteiger partial charge >= 0.3 is 0 Å². The molecule has 0 aliphatic heterocycles. The number of amides is 1. The Hall–Kier alpha value is -0.280. The molecule has 0 aromatic carbocycles. The lowest BCUT2D eigenvalue weighted by molar-refractivity contribution is -0.124. The van der Waals surface area contributed by atoms with Gasteiger partial charge in [-0.05, 0) is 17.3 Å². The van der Waals surface area contributed by atoms with Crippen LogP contribution in [0.5, 0.6) is 0 Å². The van der Waals surface area contributed by atoms with Crippen molar-refractivity contribution in [2.45, 2.75) is 59.9 Å². The first-order valence-electron chi connectivity index (χ1n) is 6.79. The van der Waals surface area contributed by atoms with Crippen molar-refractivity contribution in [3.05, 3.63) is 0 Å². The van der Waals surface area contributed by atoms with Crippen molar-refractivity contribution in [3.63, 3.8) is 0 Å². The summed E-state index contributed by atoms with van der Waals surface area (Å²) in [5.74, 6) is 0.317. The van der Waals surface area contributed by atoms with Crippen LogP contribution < -0.4 is 11.1 Å². The molecular weight excluding hydrogens is 248 g/mol. The Morgan fingerprint density at radius 3 is 2.11 bits per heavy atom. The minimum atomic E-state index is 0. The summed E-state index contributed by atoms with van der Waals surface area (Å²) in [6, 6.07) is 0.148. The van der Waals surface area contributed by atoms with Gasteiger partial charge in [0.25, 0.3) is 0 Å². The standard InChI is InChI=1S/C14H28N2O.ClH/c1-6-7-8-10(9-15)16-12(17)11-13(2,3)14(11,4)5;/h10-11H,6-9,15H2,1-5H3,(H,16,17);1H. The Labute approximate surface area is 118 Å². The molecule has 0 saturated heterocycles. The quantitative estimate of drug-likeness (QED) is 0.784. The first-order chi connectivity index (χ1) is 7.79. The maximum Gasteiger partial charge on any atom is 0.224 e. The normalized spacial score (nSPS) is 21.9. The highest BCUT2D eigenvalue weighted by molar-refractivity contribution is 5.85. The minimum Gasteiger partial charge on any atom is -0.352 e. The minimum absolute atomic E-state index is 0. The number of rotatable bonds is 6. The van der Waals surface area contributed by atoms with Gasteiger partial charge in [-0.2, -0.15) is 0 Å². The molecule has 18 heavy (non-hydrogen) atoms. The van der Waals surface area contributed by atoms with Crippen LogP contribution >= 0.6 is 12.4 Å². The summed E-state index contributed by atoms with van der Waals surface area (Å²) in [4.78, 5) is 12.2. The van der Waals surface area contributed by atoms with Crippen LogP contribution in [0.25, 0.3) is 0 Å². The van der Waals surface area contributed by atoms with Crippen molar-refractivity contribution in [2.75, 3.05) is 6.54 Å². The van der Waals surface area contributed by atoms with E-state index in [1.165, 1.54) is 0 Å². The molecule has 0 aromatic rings. The molecule has 3 N–H and O–H groups in total. The maximum absolute atomic E-state index is 12.2. The molecule has 4 heteroatoms. The number of nitrogens with one attached hydrogen (secondary N) is 1. The van der Waals surface area contributed by atoms with Crippen LogP contribution in [0.1, 0.15) is 53.9 Å². The molecule has 1 rings (SSSR count). The van der Waals surface area contributed by atoms with Crippen LogP contribution in [0, 0.1) is 16.7 Å². The molecule has 0 heterocycles. The van der Waals surface area contributed by atoms with E-state index in [4.69, 9.17) is 5.73 Å². The van der Waals surface area contributed by atoms with Crippen molar-refractivity contribution in [3.8, 4) is 0 Å². The van der Waals surface area contributed by atoms with E-state index in [0.717, 1.165) is 19.3 Å². The average Bonchev–Trinajstić information content (AvgIpc) is 2.64. The predicted molar refractivity (Wildman–Crippen MR) is 78.8 cm³/mol. The molecule has 1 fully saturated rings. The van der Waals surface area contributed by atoms with E-state index in [2.05, 4.69) is 39.9 Å². The third kappa shape index (κ3) is 3.18. The largest absolute Gasteiger partial charge is 0.352 e. The lowest BCUT2D eigenvalue weighted by Crippen LogP contribution is -2.41. The summed E-state index contributed by atoms with van der Waals surface area (Å²) in [5, 5.41) is 3.11. The number of halogens is 1. The molecule has 0 radical (unpaired) electrons. The molecule has 108 valence electrons. The highest BCUT2D eigenvalue weighted by Crippen LogP contribution is 2.68. The molecule has 1 unspecified atom stereocenters. The van der Waals surface area contributed by atoms with Crippen LogP contribution in [0.4, 0.5) is 0 Å². The molecule has 0 bridgehead atoms. The van der Waals surface area contributed by atoms with Crippen LogP contribution in [0.2, 0.25) is 0 Å². The zero-order chi connectivity index (χ0) is 13.3. The smallest absolute Gasteiger partial charge is 0.224 e.